The van der Waals surface area contributed by atoms with Gasteiger partial charge in [0.2, 0.25) is 5.88 Å². The van der Waals surface area contributed by atoms with Crippen LogP contribution in [0.2, 0.25) is 0 Å². The first-order valence-corrected chi connectivity index (χ1v) is 6.76. The largest absolute Gasteiger partial charge is 0.478 e. The Bertz CT molecular complexity index is 885. The van der Waals surface area contributed by atoms with Crippen LogP contribution in [0.5, 0.6) is 5.88 Å². The number of fused-ring (bicyclic) bond motifs is 1. The molecule has 0 amide bonds. The lowest BCUT2D eigenvalue weighted by Crippen LogP contribution is -2.05. The molecule has 1 N–H and O–H groups in total. The molecule has 0 aliphatic rings. The van der Waals surface area contributed by atoms with Gasteiger partial charge in [-0.1, -0.05) is 12.1 Å². The van der Waals surface area contributed by atoms with E-state index >= 15 is 0 Å². The molecule has 1 aromatic carbocycles. The molecule has 0 aliphatic heterocycles. The van der Waals surface area contributed by atoms with Crippen LogP contribution in [0.3, 0.4) is 0 Å². The van der Waals surface area contributed by atoms with Gasteiger partial charge in [-0.15, -0.1) is 0 Å². The third kappa shape index (κ3) is 2.61. The van der Waals surface area contributed by atoms with Crippen molar-refractivity contribution in [3.05, 3.63) is 64.9 Å². The third-order valence-electron chi connectivity index (χ3n) is 3.44. The monoisotopic (exact) mass is 318 g/mol. The topological polar surface area (TPSA) is 63.8 Å². The summed E-state index contributed by atoms with van der Waals surface area (Å²) in [5.41, 5.74) is 0.534. The molecule has 118 valence electrons. The quantitative estimate of drug-likeness (QED) is 0.802. The van der Waals surface area contributed by atoms with Crippen LogP contribution in [0, 0.1) is 18.6 Å². The fraction of sp³-hybridized carbons (Fsp3) is 0.125. The molecule has 3 aromatic rings. The zero-order valence-corrected chi connectivity index (χ0v) is 12.1. The van der Waals surface area contributed by atoms with E-state index in [2.05, 4.69) is 5.10 Å². The Kier molecular flexibility index (Phi) is 3.69. The van der Waals surface area contributed by atoms with Crippen molar-refractivity contribution in [2.45, 2.75) is 13.5 Å². The van der Waals surface area contributed by atoms with Crippen molar-refractivity contribution < 1.29 is 23.4 Å². The molecule has 0 spiro atoms. The minimum absolute atomic E-state index is 0.0625. The van der Waals surface area contributed by atoms with E-state index in [1.807, 2.05) is 0 Å². The van der Waals surface area contributed by atoms with Crippen LogP contribution in [-0.2, 0) is 6.61 Å². The molecule has 3 rings (SSSR count). The maximum absolute atomic E-state index is 13.6. The van der Waals surface area contributed by atoms with Crippen molar-refractivity contribution >= 4 is 11.5 Å². The van der Waals surface area contributed by atoms with Crippen molar-refractivity contribution in [3.8, 4) is 5.88 Å². The number of carboxylic acid groups (broad SMARTS) is 1. The van der Waals surface area contributed by atoms with Gasteiger partial charge in [-0.2, -0.15) is 9.61 Å². The Hall–Kier alpha value is -2.96. The van der Waals surface area contributed by atoms with E-state index in [1.165, 1.54) is 10.6 Å². The van der Waals surface area contributed by atoms with Crippen LogP contribution >= 0.6 is 0 Å². The standard InChI is InChI=1S/C16H12F2N2O3/c1-9-15(16(21)22)13-6-3-7-14(20(13)19-9)23-8-10-11(17)4-2-5-12(10)18/h2-7H,8H2,1H3,(H,21,22). The van der Waals surface area contributed by atoms with Crippen LogP contribution in [0.1, 0.15) is 21.6 Å². The summed E-state index contributed by atoms with van der Waals surface area (Å²) in [6, 6.07) is 8.27. The van der Waals surface area contributed by atoms with E-state index in [-0.39, 0.29) is 23.6 Å². The maximum atomic E-state index is 13.6. The molecule has 7 heteroatoms. The lowest BCUT2D eigenvalue weighted by atomic mass is 10.2. The molecule has 0 saturated heterocycles. The Morgan fingerprint density at radius 2 is 1.87 bits per heavy atom. The molecule has 5 nitrogen and oxygen atoms in total. The Morgan fingerprint density at radius 3 is 2.52 bits per heavy atom. The lowest BCUT2D eigenvalue weighted by molar-refractivity contribution is 0.0698. The van der Waals surface area contributed by atoms with E-state index < -0.39 is 17.6 Å². The fourth-order valence-electron chi connectivity index (χ4n) is 2.35. The number of pyridine rings is 1. The summed E-state index contributed by atoms with van der Waals surface area (Å²) < 4.78 is 34.0. The van der Waals surface area contributed by atoms with Crippen LogP contribution in [0.4, 0.5) is 8.78 Å². The van der Waals surface area contributed by atoms with Gasteiger partial charge in [-0.25, -0.2) is 13.6 Å². The van der Waals surface area contributed by atoms with E-state index in [1.54, 1.807) is 25.1 Å². The summed E-state index contributed by atoms with van der Waals surface area (Å²) in [7, 11) is 0. The van der Waals surface area contributed by atoms with Gasteiger partial charge in [-0.05, 0) is 25.1 Å². The Balaban J connectivity index is 1.98. The van der Waals surface area contributed by atoms with Gasteiger partial charge in [0.1, 0.15) is 23.8 Å². The molecular weight excluding hydrogens is 306 g/mol. The van der Waals surface area contributed by atoms with Crippen molar-refractivity contribution in [1.82, 2.24) is 9.61 Å². The van der Waals surface area contributed by atoms with Crippen LogP contribution in [0.25, 0.3) is 5.52 Å². The maximum Gasteiger partial charge on any atom is 0.339 e. The number of hydrogen-bond donors (Lipinski definition) is 1. The van der Waals surface area contributed by atoms with E-state index in [0.717, 1.165) is 12.1 Å². The number of nitrogens with zero attached hydrogens (tertiary/aromatic N) is 2. The molecular formula is C16H12F2N2O3. The predicted molar refractivity (Wildman–Crippen MR) is 77.6 cm³/mol. The average Bonchev–Trinajstić information content (AvgIpc) is 2.83. The van der Waals surface area contributed by atoms with Gasteiger partial charge in [0.25, 0.3) is 0 Å². The zero-order chi connectivity index (χ0) is 16.6. The second-order valence-electron chi connectivity index (χ2n) is 4.92. The highest BCUT2D eigenvalue weighted by Crippen LogP contribution is 2.22. The smallest absolute Gasteiger partial charge is 0.339 e. The summed E-state index contributed by atoms with van der Waals surface area (Å²) in [6.45, 7) is 1.23. The predicted octanol–water partition coefficient (Wildman–Crippen LogP) is 3.20. The highest BCUT2D eigenvalue weighted by molar-refractivity contribution is 5.97. The number of aromatic nitrogens is 2. The van der Waals surface area contributed by atoms with Crippen molar-refractivity contribution in [1.29, 1.82) is 0 Å². The van der Waals surface area contributed by atoms with Crippen LogP contribution in [-0.4, -0.2) is 20.7 Å². The normalized spacial score (nSPS) is 10.9. The molecule has 23 heavy (non-hydrogen) atoms. The van der Waals surface area contributed by atoms with E-state index in [0.29, 0.717) is 11.2 Å². The molecule has 2 aromatic heterocycles. The van der Waals surface area contributed by atoms with Gasteiger partial charge < -0.3 is 9.84 Å². The van der Waals surface area contributed by atoms with Gasteiger partial charge in [0.15, 0.2) is 0 Å². The van der Waals surface area contributed by atoms with E-state index in [9.17, 15) is 18.7 Å². The number of carboxylic acids is 1. The number of ether oxygens (including phenoxy) is 1. The number of carbonyl (C=O) groups is 1. The molecule has 0 aliphatic carbocycles. The minimum Gasteiger partial charge on any atom is -0.478 e. The van der Waals surface area contributed by atoms with Crippen molar-refractivity contribution in [2.24, 2.45) is 0 Å². The Morgan fingerprint density at radius 1 is 1.22 bits per heavy atom. The molecule has 2 heterocycles. The molecule has 0 atom stereocenters. The summed E-state index contributed by atoms with van der Waals surface area (Å²) >= 11 is 0. The highest BCUT2D eigenvalue weighted by Gasteiger charge is 2.18. The molecule has 0 bridgehead atoms. The Labute approximate surface area is 129 Å². The van der Waals surface area contributed by atoms with Gasteiger partial charge >= 0.3 is 5.97 Å². The van der Waals surface area contributed by atoms with Gasteiger partial charge in [0.05, 0.1) is 16.8 Å². The number of rotatable bonds is 4. The number of benzene rings is 1. The van der Waals surface area contributed by atoms with Crippen molar-refractivity contribution in [2.75, 3.05) is 0 Å². The molecule has 0 fully saturated rings. The fourth-order valence-corrected chi connectivity index (χ4v) is 2.35. The number of aromatic carboxylic acids is 1. The zero-order valence-electron chi connectivity index (χ0n) is 12.1. The van der Waals surface area contributed by atoms with Gasteiger partial charge in [-0.3, -0.25) is 0 Å². The molecule has 0 saturated carbocycles. The van der Waals surface area contributed by atoms with Crippen molar-refractivity contribution in [3.63, 3.8) is 0 Å². The number of aryl methyl sites for hydroxylation is 1. The number of halogens is 2. The highest BCUT2D eigenvalue weighted by atomic mass is 19.1. The second-order valence-corrected chi connectivity index (χ2v) is 4.92. The first-order chi connectivity index (χ1) is 11.0. The van der Waals surface area contributed by atoms with Crippen LogP contribution in [0.15, 0.2) is 36.4 Å². The first kappa shape index (κ1) is 15.0. The first-order valence-electron chi connectivity index (χ1n) is 6.76. The average molecular weight is 318 g/mol. The number of hydrogen-bond acceptors (Lipinski definition) is 3. The SMILES string of the molecule is Cc1nn2c(OCc3c(F)cccc3F)cccc2c1C(=O)O. The van der Waals surface area contributed by atoms with Crippen LogP contribution < -0.4 is 4.74 Å². The summed E-state index contributed by atoms with van der Waals surface area (Å²) in [4.78, 5) is 11.3. The summed E-state index contributed by atoms with van der Waals surface area (Å²) in [6.07, 6.45) is 0. The molecule has 0 unspecified atom stereocenters. The minimum atomic E-state index is -1.10. The third-order valence-corrected chi connectivity index (χ3v) is 3.44. The second kappa shape index (κ2) is 5.68. The summed E-state index contributed by atoms with van der Waals surface area (Å²) in [5, 5.41) is 13.3. The summed E-state index contributed by atoms with van der Waals surface area (Å²) in [5.74, 6) is -2.32. The lowest BCUT2D eigenvalue weighted by Gasteiger charge is -2.09. The molecule has 0 radical (unpaired) electrons. The van der Waals surface area contributed by atoms with E-state index in [4.69, 9.17) is 4.74 Å². The van der Waals surface area contributed by atoms with Gasteiger partial charge in [0, 0.05) is 6.07 Å².